The second-order valence-electron chi connectivity index (χ2n) is 31.1. The maximum Gasteiger partial charge on any atom is 0.186 e. The van der Waals surface area contributed by atoms with Gasteiger partial charge in [-0.25, -0.2) is 14.0 Å². The molecule has 3 aromatic heterocycles. The Morgan fingerprint density at radius 2 is 0.512 bits per heavy atom. The highest BCUT2D eigenvalue weighted by atomic mass is 16.7. The fourth-order valence-electron chi connectivity index (χ4n) is 13.0. The summed E-state index contributed by atoms with van der Waals surface area (Å²) in [5, 5.41) is 134. The fraction of sp³-hybridized carbons (Fsp3) is 0.928. The number of hydrogen-bond donors (Lipinski definition) is 11. The van der Waals surface area contributed by atoms with Crippen LogP contribution < -0.4 is 0 Å². The molecule has 10 unspecified atom stereocenters. The average molecular weight is 1840 g/mol. The quantitative estimate of drug-likeness (QED) is 0.0306. The van der Waals surface area contributed by atoms with Crippen LogP contribution in [0, 0.1) is 0 Å². The zero-order valence-corrected chi connectivity index (χ0v) is 74.9. The van der Waals surface area contributed by atoms with Crippen LogP contribution in [0.2, 0.25) is 0 Å². The Hall–Kier alpha value is -3.98. The molecule has 0 amide bonds. The third-order valence-corrected chi connectivity index (χ3v) is 20.4. The number of aliphatic hydroxyl groups is 11. The molecule has 127 heavy (non-hydrogen) atoms. The van der Waals surface area contributed by atoms with Crippen molar-refractivity contribution in [2.45, 2.75) is 254 Å². The Morgan fingerprint density at radius 1 is 0.276 bits per heavy atom. The number of unbranched alkanes of at least 4 members (excludes halogenated alkanes) is 12. The Bertz CT molecular complexity index is 2880. The molecule has 0 saturated carbocycles. The van der Waals surface area contributed by atoms with Gasteiger partial charge in [0.1, 0.15) is 89.8 Å². The fourth-order valence-corrected chi connectivity index (χ4v) is 13.0. The molecule has 0 aromatic carbocycles. The first-order valence-electron chi connectivity index (χ1n) is 45.4. The Morgan fingerprint density at radius 3 is 0.787 bits per heavy atom. The average Bonchev–Trinajstić information content (AvgIpc) is 1.60. The van der Waals surface area contributed by atoms with Gasteiger partial charge < -0.3 is 170 Å². The van der Waals surface area contributed by atoms with Crippen LogP contribution in [0.15, 0.2) is 18.6 Å². The molecule has 0 spiro atoms. The van der Waals surface area contributed by atoms with Crippen LogP contribution in [0.1, 0.15) is 134 Å². The number of ether oxygens (including phenoxy) is 24. The third-order valence-electron chi connectivity index (χ3n) is 20.4. The van der Waals surface area contributed by atoms with Crippen molar-refractivity contribution >= 4 is 0 Å². The first-order valence-corrected chi connectivity index (χ1v) is 45.4. The highest BCUT2D eigenvalue weighted by Crippen LogP contribution is 2.27. The third kappa shape index (κ3) is 50.3. The molecule has 3 aromatic rings. The van der Waals surface area contributed by atoms with Crippen LogP contribution in [0.3, 0.4) is 0 Å². The second kappa shape index (κ2) is 72.5. The summed E-state index contributed by atoms with van der Waals surface area (Å²) >= 11 is 0. The zero-order valence-electron chi connectivity index (χ0n) is 74.9. The van der Waals surface area contributed by atoms with Gasteiger partial charge in [-0.2, -0.15) is 0 Å². The minimum Gasteiger partial charge on any atom is -0.394 e. The molecule has 3 saturated heterocycles. The normalized spacial score (nSPS) is 23.4. The summed E-state index contributed by atoms with van der Waals surface area (Å²) in [6.45, 7) is 19.3. The first-order chi connectivity index (χ1) is 62.1. The molecule has 740 valence electrons. The molecule has 0 aliphatic carbocycles. The summed E-state index contributed by atoms with van der Waals surface area (Å²) < 4.78 is 142. The van der Waals surface area contributed by atoms with E-state index in [2.05, 4.69) is 30.9 Å². The van der Waals surface area contributed by atoms with Crippen molar-refractivity contribution in [2.75, 3.05) is 244 Å². The predicted molar refractivity (Wildman–Crippen MR) is 446 cm³/mol. The molecule has 3 fully saturated rings. The lowest BCUT2D eigenvalue weighted by atomic mass is 9.97. The maximum absolute atomic E-state index is 10.2. The zero-order chi connectivity index (χ0) is 90.7. The monoisotopic (exact) mass is 1840 g/mol. The highest BCUT2D eigenvalue weighted by molar-refractivity contribution is 4.93. The van der Waals surface area contributed by atoms with Crippen LogP contribution in [-0.4, -0.2) is 443 Å². The Balaban J connectivity index is 0.712. The summed E-state index contributed by atoms with van der Waals surface area (Å²) in [6.07, 6.45) is 1.62. The lowest BCUT2D eigenvalue weighted by Gasteiger charge is -2.40. The van der Waals surface area contributed by atoms with Gasteiger partial charge in [0.2, 0.25) is 0 Å². The largest absolute Gasteiger partial charge is 0.394 e. The molecule has 6 heterocycles. The van der Waals surface area contributed by atoms with Crippen LogP contribution >= 0.6 is 0 Å². The van der Waals surface area contributed by atoms with Crippen molar-refractivity contribution in [1.29, 1.82) is 0 Å². The van der Waals surface area contributed by atoms with E-state index >= 15 is 0 Å². The van der Waals surface area contributed by atoms with Crippen LogP contribution in [0.25, 0.3) is 0 Å². The lowest BCUT2D eigenvalue weighted by molar-refractivity contribution is -0.301. The van der Waals surface area contributed by atoms with Crippen molar-refractivity contribution < 1.29 is 170 Å². The van der Waals surface area contributed by atoms with Crippen molar-refractivity contribution in [3.05, 3.63) is 35.7 Å². The van der Waals surface area contributed by atoms with Crippen LogP contribution in [-0.2, 0) is 153 Å². The van der Waals surface area contributed by atoms with Gasteiger partial charge in [-0.1, -0.05) is 80.4 Å². The molecule has 3 aliphatic rings. The molecule has 44 heteroatoms. The van der Waals surface area contributed by atoms with E-state index in [1.54, 1.807) is 14.0 Å². The molecular formula is C83H153N9O35. The van der Waals surface area contributed by atoms with E-state index in [0.717, 1.165) is 113 Å². The summed E-state index contributed by atoms with van der Waals surface area (Å²) in [4.78, 5) is 0. The number of aliphatic hydroxyl groups excluding tert-OH is 11. The first kappa shape index (κ1) is 112. The van der Waals surface area contributed by atoms with Gasteiger partial charge >= 0.3 is 0 Å². The van der Waals surface area contributed by atoms with E-state index in [4.69, 9.17) is 114 Å². The molecule has 0 bridgehead atoms. The maximum atomic E-state index is 10.2. The molecule has 0 radical (unpaired) electrons. The number of nitrogens with zero attached hydrogens (tertiary/aromatic N) is 9. The van der Waals surface area contributed by atoms with Gasteiger partial charge in [-0.15, -0.1) is 15.3 Å². The van der Waals surface area contributed by atoms with Crippen molar-refractivity contribution in [3.63, 3.8) is 0 Å². The van der Waals surface area contributed by atoms with E-state index in [1.807, 2.05) is 32.4 Å². The minimum absolute atomic E-state index is 0.239. The molecule has 3 aliphatic heterocycles. The van der Waals surface area contributed by atoms with Gasteiger partial charge in [0.05, 0.1) is 269 Å². The van der Waals surface area contributed by atoms with Crippen LogP contribution in [0.5, 0.6) is 0 Å². The van der Waals surface area contributed by atoms with Crippen molar-refractivity contribution in [1.82, 2.24) is 45.0 Å². The molecule has 44 nitrogen and oxygen atoms in total. The molecule has 11 N–H and O–H groups in total. The minimum atomic E-state index is -1.45. The molecular weight excluding hydrogens is 1680 g/mol. The number of aromatic nitrogens is 9. The predicted octanol–water partition coefficient (Wildman–Crippen LogP) is -0.862. The smallest absolute Gasteiger partial charge is 0.186 e. The summed E-state index contributed by atoms with van der Waals surface area (Å²) in [5.41, 5.74) is 1.41. The van der Waals surface area contributed by atoms with Gasteiger partial charge in [-0.3, -0.25) is 0 Å². The van der Waals surface area contributed by atoms with Gasteiger partial charge in [0.25, 0.3) is 0 Å². The van der Waals surface area contributed by atoms with E-state index in [-0.39, 0.29) is 13.2 Å². The van der Waals surface area contributed by atoms with E-state index in [9.17, 15) is 56.2 Å². The summed E-state index contributed by atoms with van der Waals surface area (Å²) in [6, 6.07) is 0. The van der Waals surface area contributed by atoms with Gasteiger partial charge in [-0.05, 0) is 51.9 Å². The second-order valence-corrected chi connectivity index (χ2v) is 31.1. The topological polar surface area (TPSA) is 536 Å². The number of hydrogen-bond acceptors (Lipinski definition) is 41. The van der Waals surface area contributed by atoms with E-state index < -0.39 is 111 Å². The van der Waals surface area contributed by atoms with Crippen molar-refractivity contribution in [3.8, 4) is 0 Å². The molecule has 6 rings (SSSR count). The lowest BCUT2D eigenvalue weighted by Crippen LogP contribution is -2.59. The van der Waals surface area contributed by atoms with E-state index in [1.165, 1.54) is 0 Å². The SMILES string of the molecule is CCC1O[C@@H](OCCCCCCCOCc2cn(CCOCCOCCOCCOCCOC(C)(COCCOCCOCCOCCOCCn3cc(COCCCCCCCO[C@@H]4OC(CO)[C@@H](O)C(O)C4O)nn3)COCCOCCOCCOCCOCCn3cc(COCCCCCCCO[C@H]4OC(CO)[C@@H](O)C(O)C4O)nn3)nn2)C(O)C(O)[C@@H]1O. The molecule has 16 atom stereocenters. The van der Waals surface area contributed by atoms with Gasteiger partial charge in [0, 0.05) is 39.6 Å². The van der Waals surface area contributed by atoms with Gasteiger partial charge in [0.15, 0.2) is 18.9 Å². The van der Waals surface area contributed by atoms with Crippen molar-refractivity contribution in [2.24, 2.45) is 0 Å². The van der Waals surface area contributed by atoms with E-state index in [0.29, 0.717) is 264 Å². The standard InChI is InChI=1S/C83H153N9O35/c1-3-68-71(95)74(98)77(101)80(125-68)121-25-16-10-4-7-13-22-116-60-65-55-92(87-84-65)21-30-106-33-36-109-39-42-112-47-48-115-53-54-124-83(2,63-119-51-49-113-45-43-110-40-37-107-34-31-104-28-19-90-56-66(85-88-90)61-117-23-14-8-5-11-17-26-122-81-78(102)75(99)72(96)69(58-93)126-81)64-120-52-50-114-46-44-111-41-38-108-35-32-105-29-20-91-57-67(86-89-91)62-118-24-15-9-6-12-18-27-123-82-79(103)76(100)73(97)70(59-94)127-82/h55-57,68-82,93-103H,3-54,58-64H2,1-2H3/t68?,69?,70?,71-,72-,73-,74?,75?,76?,77?,78?,79?,80-,81-,82+,83?/m1/s1. The Kier molecular flexibility index (Phi) is 63.8. The van der Waals surface area contributed by atoms with Crippen LogP contribution in [0.4, 0.5) is 0 Å². The highest BCUT2D eigenvalue weighted by Gasteiger charge is 2.46. The number of rotatable bonds is 86. The summed E-state index contributed by atoms with van der Waals surface area (Å²) in [5.74, 6) is 0. The Labute approximate surface area is 745 Å². The summed E-state index contributed by atoms with van der Waals surface area (Å²) in [7, 11) is 0.